The molecule has 1 aliphatic carbocycles. The average Bonchev–Trinajstić information content (AvgIpc) is 3.39. The zero-order chi connectivity index (χ0) is 26.2. The van der Waals surface area contributed by atoms with E-state index in [-0.39, 0.29) is 17.6 Å². The molecule has 1 aliphatic heterocycles. The second-order valence-corrected chi connectivity index (χ2v) is 11.1. The molecule has 37 heavy (non-hydrogen) atoms. The van der Waals surface area contributed by atoms with Crippen molar-refractivity contribution in [1.29, 1.82) is 0 Å². The van der Waals surface area contributed by atoms with Gasteiger partial charge < -0.3 is 15.1 Å². The van der Waals surface area contributed by atoms with Crippen molar-refractivity contribution in [1.82, 2.24) is 19.6 Å². The SMILES string of the molecule is Cc1cc(=O)n(C2CCCC2)c2nc(Nc3ccc(N4CCN(OC(=O)C(C)(C)C)CC4)cc3)ncc12. The summed E-state index contributed by atoms with van der Waals surface area (Å²) in [6, 6.07) is 10.1. The molecule has 5 rings (SSSR count). The highest BCUT2D eigenvalue weighted by Crippen LogP contribution is 2.31. The summed E-state index contributed by atoms with van der Waals surface area (Å²) >= 11 is 0. The normalized spacial score (nSPS) is 17.4. The van der Waals surface area contributed by atoms with Gasteiger partial charge in [0.2, 0.25) is 5.95 Å². The maximum absolute atomic E-state index is 12.9. The summed E-state index contributed by atoms with van der Waals surface area (Å²) in [7, 11) is 0. The Hall–Kier alpha value is -3.46. The summed E-state index contributed by atoms with van der Waals surface area (Å²) in [4.78, 5) is 42.1. The third-order valence-electron chi connectivity index (χ3n) is 7.24. The molecule has 9 nitrogen and oxygen atoms in total. The van der Waals surface area contributed by atoms with Crippen LogP contribution in [0.4, 0.5) is 17.3 Å². The number of rotatable bonds is 5. The van der Waals surface area contributed by atoms with Crippen molar-refractivity contribution in [3.05, 3.63) is 52.4 Å². The first kappa shape index (κ1) is 25.2. The molecular formula is C28H36N6O3. The van der Waals surface area contributed by atoms with E-state index in [0.717, 1.165) is 61.1 Å². The van der Waals surface area contributed by atoms with Gasteiger partial charge in [-0.05, 0) is 70.4 Å². The summed E-state index contributed by atoms with van der Waals surface area (Å²) in [5.74, 6) is 0.272. The Morgan fingerprint density at radius 3 is 2.38 bits per heavy atom. The van der Waals surface area contributed by atoms with Crippen LogP contribution in [0, 0.1) is 12.3 Å². The fraction of sp³-hybridized carbons (Fsp3) is 0.500. The number of anilines is 3. The fourth-order valence-electron chi connectivity index (χ4n) is 5.02. The number of hydrogen-bond donors (Lipinski definition) is 1. The molecule has 1 aromatic carbocycles. The fourth-order valence-corrected chi connectivity index (χ4v) is 5.02. The van der Waals surface area contributed by atoms with Crippen molar-refractivity contribution in [3.8, 4) is 0 Å². The number of pyridine rings is 1. The summed E-state index contributed by atoms with van der Waals surface area (Å²) in [5, 5.41) is 5.97. The average molecular weight is 505 g/mol. The summed E-state index contributed by atoms with van der Waals surface area (Å²) in [6.45, 7) is 10.4. The van der Waals surface area contributed by atoms with E-state index in [1.54, 1.807) is 11.1 Å². The van der Waals surface area contributed by atoms with Crippen molar-refractivity contribution < 1.29 is 9.63 Å². The van der Waals surface area contributed by atoms with Gasteiger partial charge in [0.05, 0.1) is 18.5 Å². The number of aromatic nitrogens is 3. The van der Waals surface area contributed by atoms with E-state index in [1.165, 1.54) is 0 Å². The van der Waals surface area contributed by atoms with Crippen LogP contribution < -0.4 is 15.8 Å². The molecule has 2 aliphatic rings. The molecule has 0 unspecified atom stereocenters. The smallest absolute Gasteiger partial charge is 0.330 e. The minimum Gasteiger partial charge on any atom is -0.369 e. The molecule has 2 fully saturated rings. The van der Waals surface area contributed by atoms with Gasteiger partial charge in [0.25, 0.3) is 5.56 Å². The number of carbonyl (C=O) groups excluding carboxylic acids is 1. The van der Waals surface area contributed by atoms with E-state index < -0.39 is 5.41 Å². The predicted molar refractivity (Wildman–Crippen MR) is 145 cm³/mol. The van der Waals surface area contributed by atoms with Gasteiger partial charge in [-0.1, -0.05) is 12.8 Å². The van der Waals surface area contributed by atoms with Gasteiger partial charge in [-0.25, -0.2) is 9.78 Å². The van der Waals surface area contributed by atoms with Crippen LogP contribution in [0.25, 0.3) is 11.0 Å². The van der Waals surface area contributed by atoms with Crippen LogP contribution in [0.1, 0.15) is 58.1 Å². The number of nitrogens with zero attached hydrogens (tertiary/aromatic N) is 5. The summed E-state index contributed by atoms with van der Waals surface area (Å²) in [5.41, 5.74) is 3.09. The van der Waals surface area contributed by atoms with Crippen molar-refractivity contribution >= 4 is 34.3 Å². The number of carbonyl (C=O) groups is 1. The lowest BCUT2D eigenvalue weighted by molar-refractivity contribution is -0.201. The number of piperazine rings is 1. The Morgan fingerprint density at radius 1 is 1.05 bits per heavy atom. The van der Waals surface area contributed by atoms with E-state index in [1.807, 2.05) is 50.6 Å². The number of hydrogen-bond acceptors (Lipinski definition) is 8. The molecule has 196 valence electrons. The van der Waals surface area contributed by atoms with Crippen molar-refractivity contribution in [2.24, 2.45) is 5.41 Å². The van der Waals surface area contributed by atoms with E-state index >= 15 is 0 Å². The lowest BCUT2D eigenvalue weighted by Crippen LogP contribution is -2.48. The Bertz CT molecular complexity index is 1330. The quantitative estimate of drug-likeness (QED) is 0.540. The van der Waals surface area contributed by atoms with Gasteiger partial charge in [0.1, 0.15) is 5.65 Å². The Morgan fingerprint density at radius 2 is 1.73 bits per heavy atom. The maximum Gasteiger partial charge on any atom is 0.330 e. The molecule has 3 heterocycles. The van der Waals surface area contributed by atoms with E-state index in [4.69, 9.17) is 9.82 Å². The molecule has 1 saturated heterocycles. The lowest BCUT2D eigenvalue weighted by atomic mass is 9.98. The third kappa shape index (κ3) is 5.46. The molecule has 1 N–H and O–H groups in total. The molecule has 1 saturated carbocycles. The molecular weight excluding hydrogens is 468 g/mol. The zero-order valence-electron chi connectivity index (χ0n) is 22.2. The number of aryl methyl sites for hydroxylation is 1. The number of nitrogens with one attached hydrogen (secondary N) is 1. The summed E-state index contributed by atoms with van der Waals surface area (Å²) < 4.78 is 1.86. The summed E-state index contributed by atoms with van der Waals surface area (Å²) in [6.07, 6.45) is 6.13. The van der Waals surface area contributed by atoms with Gasteiger partial charge in [0, 0.05) is 48.2 Å². The predicted octanol–water partition coefficient (Wildman–Crippen LogP) is 4.58. The van der Waals surface area contributed by atoms with Gasteiger partial charge in [-0.15, -0.1) is 5.06 Å². The zero-order valence-corrected chi connectivity index (χ0v) is 22.2. The number of hydroxylamine groups is 2. The first-order valence-electron chi connectivity index (χ1n) is 13.2. The highest BCUT2D eigenvalue weighted by Gasteiger charge is 2.28. The van der Waals surface area contributed by atoms with Crippen molar-refractivity contribution in [2.45, 2.75) is 59.4 Å². The molecule has 0 atom stereocenters. The first-order valence-corrected chi connectivity index (χ1v) is 13.2. The molecule has 2 aromatic heterocycles. The lowest BCUT2D eigenvalue weighted by Gasteiger charge is -2.35. The minimum absolute atomic E-state index is 0.0131. The first-order chi connectivity index (χ1) is 17.7. The molecule has 0 spiro atoms. The molecule has 0 bridgehead atoms. The standard InChI is InChI=1S/C28H36N6O3/c1-19-17-24(35)34(22-7-5-6-8-22)25-23(19)18-29-27(31-25)30-20-9-11-21(12-10-20)32-13-15-33(16-14-32)37-26(36)28(2,3)4/h9-12,17-18,22H,5-8,13-16H2,1-4H3,(H,29,30,31). The second-order valence-electron chi connectivity index (χ2n) is 11.1. The van der Waals surface area contributed by atoms with E-state index in [9.17, 15) is 9.59 Å². The van der Waals surface area contributed by atoms with Gasteiger partial charge in [-0.2, -0.15) is 4.98 Å². The Labute approximate surface area is 217 Å². The van der Waals surface area contributed by atoms with Crippen molar-refractivity contribution in [2.75, 3.05) is 36.4 Å². The van der Waals surface area contributed by atoms with Crippen molar-refractivity contribution in [3.63, 3.8) is 0 Å². The Kier molecular flexibility index (Phi) is 6.90. The maximum atomic E-state index is 12.9. The van der Waals surface area contributed by atoms with Gasteiger partial charge in [0.15, 0.2) is 0 Å². The van der Waals surface area contributed by atoms with Crippen LogP contribution in [0.5, 0.6) is 0 Å². The molecule has 3 aromatic rings. The van der Waals surface area contributed by atoms with Crippen LogP contribution >= 0.6 is 0 Å². The topological polar surface area (TPSA) is 92.6 Å². The van der Waals surface area contributed by atoms with Gasteiger partial charge in [-0.3, -0.25) is 9.36 Å². The molecule has 0 radical (unpaired) electrons. The minimum atomic E-state index is -0.512. The highest BCUT2D eigenvalue weighted by molar-refractivity contribution is 5.79. The van der Waals surface area contributed by atoms with Crippen LogP contribution in [0.15, 0.2) is 41.3 Å². The van der Waals surface area contributed by atoms with Crippen LogP contribution in [0.2, 0.25) is 0 Å². The highest BCUT2D eigenvalue weighted by atomic mass is 16.7. The van der Waals surface area contributed by atoms with Crippen LogP contribution in [-0.2, 0) is 9.63 Å². The third-order valence-corrected chi connectivity index (χ3v) is 7.24. The molecule has 0 amide bonds. The molecule has 9 heteroatoms. The monoisotopic (exact) mass is 504 g/mol. The number of benzene rings is 1. The van der Waals surface area contributed by atoms with Crippen LogP contribution in [0.3, 0.4) is 0 Å². The van der Waals surface area contributed by atoms with E-state index in [0.29, 0.717) is 24.7 Å². The largest absolute Gasteiger partial charge is 0.369 e. The second kappa shape index (κ2) is 10.1. The Balaban J connectivity index is 1.27. The van der Waals surface area contributed by atoms with Gasteiger partial charge >= 0.3 is 5.97 Å². The van der Waals surface area contributed by atoms with Crippen LogP contribution in [-0.4, -0.2) is 51.7 Å². The van der Waals surface area contributed by atoms with E-state index in [2.05, 4.69) is 27.3 Å². The number of fused-ring (bicyclic) bond motifs is 1.